The summed E-state index contributed by atoms with van der Waals surface area (Å²) in [5, 5.41) is 6.12. The van der Waals surface area contributed by atoms with Crippen LogP contribution in [0.25, 0.3) is 0 Å². The van der Waals surface area contributed by atoms with E-state index in [0.717, 1.165) is 5.56 Å². The molecule has 0 saturated heterocycles. The second kappa shape index (κ2) is 10.5. The van der Waals surface area contributed by atoms with E-state index in [2.05, 4.69) is 15.8 Å². The Balaban J connectivity index is 1.55. The van der Waals surface area contributed by atoms with Gasteiger partial charge in [0.2, 0.25) is 0 Å². The van der Waals surface area contributed by atoms with Crippen LogP contribution in [0.15, 0.2) is 77.9 Å². The highest BCUT2D eigenvalue weighted by molar-refractivity contribution is 6.39. The van der Waals surface area contributed by atoms with Crippen LogP contribution in [0.3, 0.4) is 0 Å². The van der Waals surface area contributed by atoms with Crippen LogP contribution in [-0.4, -0.2) is 25.1 Å². The summed E-state index contributed by atoms with van der Waals surface area (Å²) in [6.45, 7) is 0.393. The zero-order valence-corrected chi connectivity index (χ0v) is 16.7. The number of amides is 2. The average Bonchev–Trinajstić information content (AvgIpc) is 2.80. The van der Waals surface area contributed by atoms with Crippen LogP contribution < -0.4 is 20.2 Å². The molecular formula is C23H20FN3O4. The Morgan fingerprint density at radius 3 is 2.42 bits per heavy atom. The SMILES string of the molecule is COc1cc(/C=N\NC(=O)C(=O)Nc2ccc(F)cc2)ccc1OCc1ccccc1. The molecule has 158 valence electrons. The lowest BCUT2D eigenvalue weighted by Gasteiger charge is -2.11. The zero-order valence-electron chi connectivity index (χ0n) is 16.7. The highest BCUT2D eigenvalue weighted by Gasteiger charge is 2.13. The number of halogens is 1. The number of benzene rings is 3. The van der Waals surface area contributed by atoms with E-state index in [0.29, 0.717) is 29.4 Å². The summed E-state index contributed by atoms with van der Waals surface area (Å²) in [7, 11) is 1.52. The molecule has 0 fully saturated rings. The number of ether oxygens (including phenoxy) is 2. The third-order valence-corrected chi connectivity index (χ3v) is 4.11. The van der Waals surface area contributed by atoms with Crippen LogP contribution in [0, 0.1) is 5.82 Å². The highest BCUT2D eigenvalue weighted by Crippen LogP contribution is 2.28. The van der Waals surface area contributed by atoms with Crippen LogP contribution in [0.1, 0.15) is 11.1 Å². The quantitative estimate of drug-likeness (QED) is 0.347. The first-order valence-corrected chi connectivity index (χ1v) is 9.30. The number of methoxy groups -OCH3 is 1. The molecule has 0 aliphatic carbocycles. The summed E-state index contributed by atoms with van der Waals surface area (Å²) >= 11 is 0. The first-order valence-electron chi connectivity index (χ1n) is 9.30. The Hall–Kier alpha value is -4.20. The molecule has 0 saturated carbocycles. The number of nitrogens with zero attached hydrogens (tertiary/aromatic N) is 1. The summed E-state index contributed by atoms with van der Waals surface area (Å²) in [5.74, 6) is -1.27. The van der Waals surface area contributed by atoms with Crippen molar-refractivity contribution in [3.63, 3.8) is 0 Å². The van der Waals surface area contributed by atoms with Gasteiger partial charge in [0.05, 0.1) is 13.3 Å². The Labute approximate surface area is 178 Å². The normalized spacial score (nSPS) is 10.5. The van der Waals surface area contributed by atoms with Gasteiger partial charge in [-0.1, -0.05) is 30.3 Å². The van der Waals surface area contributed by atoms with E-state index in [1.165, 1.54) is 37.6 Å². The molecule has 0 atom stereocenters. The predicted molar refractivity (Wildman–Crippen MR) is 115 cm³/mol. The summed E-state index contributed by atoms with van der Waals surface area (Å²) < 4.78 is 24.0. The number of carbonyl (C=O) groups excluding carboxylic acids is 2. The fraction of sp³-hybridized carbons (Fsp3) is 0.0870. The van der Waals surface area contributed by atoms with Gasteiger partial charge in [-0.25, -0.2) is 9.82 Å². The first-order chi connectivity index (χ1) is 15.0. The minimum atomic E-state index is -0.963. The summed E-state index contributed by atoms with van der Waals surface area (Å²) in [4.78, 5) is 23.7. The van der Waals surface area contributed by atoms with Crippen LogP contribution in [-0.2, 0) is 16.2 Å². The van der Waals surface area contributed by atoms with E-state index in [1.54, 1.807) is 18.2 Å². The first kappa shape index (κ1) is 21.5. The van der Waals surface area contributed by atoms with Crippen molar-refractivity contribution in [3.8, 4) is 11.5 Å². The number of hydrazone groups is 1. The van der Waals surface area contributed by atoms with Gasteiger partial charge in [-0.3, -0.25) is 9.59 Å². The number of nitrogens with one attached hydrogen (secondary N) is 2. The molecule has 0 radical (unpaired) electrons. The molecule has 2 amide bonds. The van der Waals surface area contributed by atoms with Crippen molar-refractivity contribution in [1.29, 1.82) is 0 Å². The second-order valence-electron chi connectivity index (χ2n) is 6.34. The molecule has 0 spiro atoms. The van der Waals surface area contributed by atoms with Gasteiger partial charge in [-0.2, -0.15) is 5.10 Å². The third kappa shape index (κ3) is 6.40. The largest absolute Gasteiger partial charge is 0.493 e. The van der Waals surface area contributed by atoms with E-state index in [1.807, 2.05) is 30.3 Å². The molecule has 0 unspecified atom stereocenters. The molecule has 0 heterocycles. The molecule has 31 heavy (non-hydrogen) atoms. The molecule has 0 bridgehead atoms. The Bertz CT molecular complexity index is 1070. The number of hydrogen-bond acceptors (Lipinski definition) is 5. The fourth-order valence-electron chi connectivity index (χ4n) is 2.56. The van der Waals surface area contributed by atoms with E-state index in [4.69, 9.17) is 9.47 Å². The maximum Gasteiger partial charge on any atom is 0.329 e. The van der Waals surface area contributed by atoms with Crippen molar-refractivity contribution in [2.24, 2.45) is 5.10 Å². The Morgan fingerprint density at radius 1 is 0.968 bits per heavy atom. The zero-order chi connectivity index (χ0) is 22.1. The third-order valence-electron chi connectivity index (χ3n) is 4.11. The summed E-state index contributed by atoms with van der Waals surface area (Å²) in [6, 6.07) is 19.9. The van der Waals surface area contributed by atoms with Crippen molar-refractivity contribution in [2.75, 3.05) is 12.4 Å². The summed E-state index contributed by atoms with van der Waals surface area (Å²) in [6.07, 6.45) is 1.37. The van der Waals surface area contributed by atoms with Crippen LogP contribution in [0.2, 0.25) is 0 Å². The maximum atomic E-state index is 12.9. The minimum Gasteiger partial charge on any atom is -0.493 e. The monoisotopic (exact) mass is 421 g/mol. The van der Waals surface area contributed by atoms with Crippen molar-refractivity contribution < 1.29 is 23.5 Å². The molecule has 3 aromatic carbocycles. The van der Waals surface area contributed by atoms with Gasteiger partial charge in [0.1, 0.15) is 12.4 Å². The van der Waals surface area contributed by atoms with E-state index in [9.17, 15) is 14.0 Å². The van der Waals surface area contributed by atoms with E-state index in [-0.39, 0.29) is 0 Å². The second-order valence-corrected chi connectivity index (χ2v) is 6.34. The van der Waals surface area contributed by atoms with Gasteiger partial charge in [0, 0.05) is 5.69 Å². The van der Waals surface area contributed by atoms with Gasteiger partial charge in [0.15, 0.2) is 11.5 Å². The fourth-order valence-corrected chi connectivity index (χ4v) is 2.56. The Morgan fingerprint density at radius 2 is 1.71 bits per heavy atom. The van der Waals surface area contributed by atoms with Gasteiger partial charge < -0.3 is 14.8 Å². The van der Waals surface area contributed by atoms with Gasteiger partial charge >= 0.3 is 11.8 Å². The lowest BCUT2D eigenvalue weighted by atomic mass is 10.2. The molecule has 3 rings (SSSR count). The molecular weight excluding hydrogens is 401 g/mol. The lowest BCUT2D eigenvalue weighted by Crippen LogP contribution is -2.32. The molecule has 0 aromatic heterocycles. The van der Waals surface area contributed by atoms with Gasteiger partial charge in [-0.15, -0.1) is 0 Å². The molecule has 2 N–H and O–H groups in total. The predicted octanol–water partition coefficient (Wildman–Crippen LogP) is 3.50. The van der Waals surface area contributed by atoms with Crippen molar-refractivity contribution in [3.05, 3.63) is 89.7 Å². The standard InChI is InChI=1S/C23H20FN3O4/c1-30-21-13-17(7-12-20(21)31-15-16-5-3-2-4-6-16)14-25-27-23(29)22(28)26-19-10-8-18(24)9-11-19/h2-14H,15H2,1H3,(H,26,28)(H,27,29)/b25-14-. The molecule has 3 aromatic rings. The van der Waals surface area contributed by atoms with E-state index < -0.39 is 17.6 Å². The van der Waals surface area contributed by atoms with Gasteiger partial charge in [-0.05, 0) is 53.6 Å². The topological polar surface area (TPSA) is 89.0 Å². The van der Waals surface area contributed by atoms with E-state index >= 15 is 0 Å². The van der Waals surface area contributed by atoms with Crippen LogP contribution in [0.4, 0.5) is 10.1 Å². The average molecular weight is 421 g/mol. The lowest BCUT2D eigenvalue weighted by molar-refractivity contribution is -0.136. The Kier molecular flexibility index (Phi) is 7.31. The van der Waals surface area contributed by atoms with Crippen molar-refractivity contribution in [2.45, 2.75) is 6.61 Å². The van der Waals surface area contributed by atoms with Crippen molar-refractivity contribution in [1.82, 2.24) is 5.43 Å². The number of hydrogen-bond donors (Lipinski definition) is 2. The van der Waals surface area contributed by atoms with Crippen LogP contribution >= 0.6 is 0 Å². The number of carbonyl (C=O) groups is 2. The van der Waals surface area contributed by atoms with Crippen LogP contribution in [0.5, 0.6) is 11.5 Å². The smallest absolute Gasteiger partial charge is 0.329 e. The molecule has 0 aliphatic heterocycles. The summed E-state index contributed by atoms with van der Waals surface area (Å²) in [5.41, 5.74) is 4.08. The highest BCUT2D eigenvalue weighted by atomic mass is 19.1. The molecule has 0 aliphatic rings. The maximum absolute atomic E-state index is 12.9. The van der Waals surface area contributed by atoms with Gasteiger partial charge in [0.25, 0.3) is 0 Å². The number of anilines is 1. The molecule has 8 heteroatoms. The molecule has 7 nitrogen and oxygen atoms in total. The minimum absolute atomic E-state index is 0.293. The van der Waals surface area contributed by atoms with Crippen molar-refractivity contribution >= 4 is 23.7 Å². The number of rotatable bonds is 7.